The van der Waals surface area contributed by atoms with E-state index in [2.05, 4.69) is 6.07 Å². The highest BCUT2D eigenvalue weighted by molar-refractivity contribution is 7.89. The monoisotopic (exact) mass is 420 g/mol. The first-order valence-electron chi connectivity index (χ1n) is 9.80. The number of fused-ring (bicyclic) bond motifs is 1. The van der Waals surface area contributed by atoms with Crippen LogP contribution in [0.2, 0.25) is 0 Å². The second kappa shape index (κ2) is 9.13. The van der Waals surface area contributed by atoms with Crippen LogP contribution in [0.3, 0.4) is 0 Å². The Morgan fingerprint density at radius 3 is 2.43 bits per heavy atom. The Kier molecular flexibility index (Phi) is 6.56. The standard InChI is InChI=1S/C23H24N4O2S/c1-18-8-10-21(11-9-18)30(28,29)26(14-5-13-24)15-12-20-17-27(19(2)16-25)23-7-4-3-6-22(20)23/h3-4,6-11,17,19H,5,12,14-15H2,1-2H3. The molecule has 0 aliphatic heterocycles. The van der Waals surface area contributed by atoms with Gasteiger partial charge in [0.2, 0.25) is 10.0 Å². The van der Waals surface area contributed by atoms with Crippen LogP contribution in [0.1, 0.15) is 30.5 Å². The zero-order valence-corrected chi connectivity index (χ0v) is 17.9. The van der Waals surface area contributed by atoms with Gasteiger partial charge in [0.05, 0.1) is 17.0 Å². The smallest absolute Gasteiger partial charge is 0.243 e. The molecule has 30 heavy (non-hydrogen) atoms. The van der Waals surface area contributed by atoms with E-state index in [-0.39, 0.29) is 30.4 Å². The van der Waals surface area contributed by atoms with Crippen LogP contribution in [-0.2, 0) is 16.4 Å². The van der Waals surface area contributed by atoms with Gasteiger partial charge in [-0.1, -0.05) is 35.9 Å². The fraction of sp³-hybridized carbons (Fsp3) is 0.304. The molecule has 0 bridgehead atoms. The molecule has 3 aromatic rings. The molecule has 1 aromatic heterocycles. The number of aromatic nitrogens is 1. The van der Waals surface area contributed by atoms with E-state index in [0.29, 0.717) is 6.42 Å². The topological polar surface area (TPSA) is 89.9 Å². The minimum Gasteiger partial charge on any atom is -0.331 e. The van der Waals surface area contributed by atoms with E-state index in [9.17, 15) is 13.7 Å². The highest BCUT2D eigenvalue weighted by Crippen LogP contribution is 2.26. The molecule has 0 saturated carbocycles. The van der Waals surface area contributed by atoms with Crippen molar-refractivity contribution in [2.45, 2.75) is 37.6 Å². The van der Waals surface area contributed by atoms with E-state index in [0.717, 1.165) is 22.0 Å². The molecule has 0 spiro atoms. The molecule has 7 heteroatoms. The van der Waals surface area contributed by atoms with Crippen molar-refractivity contribution in [2.24, 2.45) is 0 Å². The maximum Gasteiger partial charge on any atom is 0.243 e. The maximum atomic E-state index is 13.2. The van der Waals surface area contributed by atoms with Gasteiger partial charge in [-0.15, -0.1) is 0 Å². The first-order chi connectivity index (χ1) is 14.4. The summed E-state index contributed by atoms with van der Waals surface area (Å²) in [6.07, 6.45) is 2.54. The van der Waals surface area contributed by atoms with Gasteiger partial charge in [0, 0.05) is 36.6 Å². The van der Waals surface area contributed by atoms with Crippen molar-refractivity contribution < 1.29 is 8.42 Å². The van der Waals surface area contributed by atoms with Crippen molar-refractivity contribution in [2.75, 3.05) is 13.1 Å². The summed E-state index contributed by atoms with van der Waals surface area (Å²) >= 11 is 0. The molecular weight excluding hydrogens is 396 g/mol. The van der Waals surface area contributed by atoms with E-state index in [1.165, 1.54) is 4.31 Å². The SMILES string of the molecule is Cc1ccc(S(=O)(=O)N(CCC#N)CCc2cn(C(C)C#N)c3ccccc23)cc1. The molecule has 0 saturated heterocycles. The lowest BCUT2D eigenvalue weighted by atomic mass is 10.1. The Labute approximate surface area is 177 Å². The number of hydrogen-bond acceptors (Lipinski definition) is 4. The van der Waals surface area contributed by atoms with Crippen molar-refractivity contribution in [1.29, 1.82) is 10.5 Å². The molecule has 3 rings (SSSR count). The van der Waals surface area contributed by atoms with Crippen molar-refractivity contribution in [3.63, 3.8) is 0 Å². The van der Waals surface area contributed by atoms with Crippen LogP contribution >= 0.6 is 0 Å². The van der Waals surface area contributed by atoms with Crippen molar-refractivity contribution in [3.8, 4) is 12.1 Å². The molecule has 1 heterocycles. The lowest BCUT2D eigenvalue weighted by molar-refractivity contribution is 0.421. The molecule has 0 radical (unpaired) electrons. The fourth-order valence-corrected chi connectivity index (χ4v) is 4.93. The Morgan fingerprint density at radius 2 is 1.77 bits per heavy atom. The molecule has 0 aliphatic rings. The van der Waals surface area contributed by atoms with E-state index in [1.807, 2.05) is 54.9 Å². The third-order valence-electron chi connectivity index (χ3n) is 5.19. The average Bonchev–Trinajstić information content (AvgIpc) is 3.12. The summed E-state index contributed by atoms with van der Waals surface area (Å²) in [7, 11) is -3.70. The number of nitriles is 2. The lowest BCUT2D eigenvalue weighted by Crippen LogP contribution is -2.33. The molecule has 0 N–H and O–H groups in total. The number of sulfonamides is 1. The third-order valence-corrected chi connectivity index (χ3v) is 7.10. The summed E-state index contributed by atoms with van der Waals surface area (Å²) in [5.41, 5.74) is 2.91. The summed E-state index contributed by atoms with van der Waals surface area (Å²) in [4.78, 5) is 0.228. The highest BCUT2D eigenvalue weighted by Gasteiger charge is 2.24. The molecule has 0 amide bonds. The Bertz CT molecular complexity index is 1210. The van der Waals surface area contributed by atoms with Crippen molar-refractivity contribution in [3.05, 3.63) is 65.9 Å². The number of para-hydroxylation sites is 1. The van der Waals surface area contributed by atoms with Crippen LogP contribution < -0.4 is 0 Å². The van der Waals surface area contributed by atoms with Gasteiger partial charge in [0.15, 0.2) is 0 Å². The quantitative estimate of drug-likeness (QED) is 0.547. The summed E-state index contributed by atoms with van der Waals surface area (Å²) in [6.45, 7) is 4.13. The molecule has 0 fully saturated rings. The van der Waals surface area contributed by atoms with Gasteiger partial charge in [-0.05, 0) is 44.0 Å². The minimum atomic E-state index is -3.70. The fourth-order valence-electron chi connectivity index (χ4n) is 3.49. The van der Waals surface area contributed by atoms with E-state index >= 15 is 0 Å². The second-order valence-electron chi connectivity index (χ2n) is 7.26. The van der Waals surface area contributed by atoms with Gasteiger partial charge in [0.1, 0.15) is 6.04 Å². The van der Waals surface area contributed by atoms with Crippen molar-refractivity contribution >= 4 is 20.9 Å². The maximum absolute atomic E-state index is 13.2. The molecule has 1 unspecified atom stereocenters. The zero-order chi connectivity index (χ0) is 21.7. The normalized spacial score (nSPS) is 12.6. The van der Waals surface area contributed by atoms with Gasteiger partial charge >= 0.3 is 0 Å². The molecule has 154 valence electrons. The van der Waals surface area contributed by atoms with Crippen LogP contribution in [0.25, 0.3) is 10.9 Å². The van der Waals surface area contributed by atoms with E-state index < -0.39 is 10.0 Å². The number of aryl methyl sites for hydroxylation is 1. The molecule has 6 nitrogen and oxygen atoms in total. The predicted molar refractivity (Wildman–Crippen MR) is 116 cm³/mol. The highest BCUT2D eigenvalue weighted by atomic mass is 32.2. The molecule has 1 atom stereocenters. The van der Waals surface area contributed by atoms with Crippen LogP contribution in [0, 0.1) is 29.6 Å². The summed E-state index contributed by atoms with van der Waals surface area (Å²) in [5, 5.41) is 19.3. The molecular formula is C23H24N4O2S. The van der Waals surface area contributed by atoms with Gasteiger partial charge < -0.3 is 4.57 Å². The van der Waals surface area contributed by atoms with Crippen LogP contribution in [-0.4, -0.2) is 30.4 Å². The van der Waals surface area contributed by atoms with E-state index in [1.54, 1.807) is 24.3 Å². The number of rotatable bonds is 8. The number of hydrogen-bond donors (Lipinski definition) is 0. The largest absolute Gasteiger partial charge is 0.331 e. The number of nitrogens with zero attached hydrogens (tertiary/aromatic N) is 4. The van der Waals surface area contributed by atoms with Gasteiger partial charge in [-0.3, -0.25) is 0 Å². The van der Waals surface area contributed by atoms with Crippen molar-refractivity contribution in [1.82, 2.24) is 8.87 Å². The van der Waals surface area contributed by atoms with Crippen LogP contribution in [0.5, 0.6) is 0 Å². The first-order valence-corrected chi connectivity index (χ1v) is 11.2. The van der Waals surface area contributed by atoms with Crippen LogP contribution in [0.15, 0.2) is 59.6 Å². The summed E-state index contributed by atoms with van der Waals surface area (Å²) < 4.78 is 29.6. The first kappa shape index (κ1) is 21.6. The zero-order valence-electron chi connectivity index (χ0n) is 17.1. The summed E-state index contributed by atoms with van der Waals surface area (Å²) in [6, 6.07) is 18.5. The lowest BCUT2D eigenvalue weighted by Gasteiger charge is -2.21. The second-order valence-corrected chi connectivity index (χ2v) is 9.20. The van der Waals surface area contributed by atoms with Gasteiger partial charge in [-0.25, -0.2) is 8.42 Å². The average molecular weight is 421 g/mol. The number of benzene rings is 2. The molecule has 0 aliphatic carbocycles. The van der Waals surface area contributed by atoms with E-state index in [4.69, 9.17) is 5.26 Å². The predicted octanol–water partition coefficient (Wildman–Crippen LogP) is 4.18. The Balaban J connectivity index is 1.91. The van der Waals surface area contributed by atoms with Gasteiger partial charge in [0.25, 0.3) is 0 Å². The minimum absolute atomic E-state index is 0.123. The third kappa shape index (κ3) is 4.38. The summed E-state index contributed by atoms with van der Waals surface area (Å²) in [5.74, 6) is 0. The van der Waals surface area contributed by atoms with Crippen LogP contribution in [0.4, 0.5) is 0 Å². The Hall–Kier alpha value is -3.13. The molecule has 2 aromatic carbocycles. The van der Waals surface area contributed by atoms with Gasteiger partial charge in [-0.2, -0.15) is 14.8 Å². The Morgan fingerprint density at radius 1 is 1.07 bits per heavy atom.